The number of rotatable bonds is 4. The molecule has 0 heterocycles. The highest BCUT2D eigenvalue weighted by Gasteiger charge is 2.10. The first-order chi connectivity index (χ1) is 7.04. The molecule has 0 amide bonds. The van der Waals surface area contributed by atoms with E-state index in [4.69, 9.17) is 16.7 Å². The molecule has 0 aliphatic heterocycles. The minimum Gasteiger partial charge on any atom is -0.395 e. The number of nitrogens with one attached hydrogen (secondary N) is 1. The van der Waals surface area contributed by atoms with Crippen LogP contribution in [0, 0.1) is 5.82 Å². The summed E-state index contributed by atoms with van der Waals surface area (Å²) < 4.78 is 13.1. The molecular weight excluding hydrogens is 217 g/mol. The molecule has 1 unspecified atom stereocenters. The van der Waals surface area contributed by atoms with Crippen molar-refractivity contribution in [3.05, 3.63) is 34.6 Å². The van der Waals surface area contributed by atoms with Gasteiger partial charge in [-0.2, -0.15) is 0 Å². The normalized spacial score (nSPS) is 15.0. The summed E-state index contributed by atoms with van der Waals surface area (Å²) in [4.78, 5) is 0. The van der Waals surface area contributed by atoms with Gasteiger partial charge in [0, 0.05) is 12.1 Å². The predicted molar refractivity (Wildman–Crippen MR) is 59.5 cm³/mol. The molecule has 1 rings (SSSR count). The first-order valence-corrected chi connectivity index (χ1v) is 5.24. The average Bonchev–Trinajstić information content (AvgIpc) is 2.21. The molecule has 0 aliphatic carbocycles. The summed E-state index contributed by atoms with van der Waals surface area (Å²) in [5.74, 6) is -0.417. The van der Waals surface area contributed by atoms with Crippen LogP contribution in [0.3, 0.4) is 0 Å². The van der Waals surface area contributed by atoms with E-state index in [1.807, 2.05) is 13.8 Å². The number of hydrogen-bond acceptors (Lipinski definition) is 2. The Labute approximate surface area is 94.1 Å². The van der Waals surface area contributed by atoms with Gasteiger partial charge in [-0.3, -0.25) is 0 Å². The largest absolute Gasteiger partial charge is 0.395 e. The van der Waals surface area contributed by atoms with E-state index in [1.54, 1.807) is 6.07 Å². The Morgan fingerprint density at radius 2 is 2.13 bits per heavy atom. The van der Waals surface area contributed by atoms with E-state index in [0.717, 1.165) is 5.56 Å². The van der Waals surface area contributed by atoms with Crippen LogP contribution >= 0.6 is 11.6 Å². The second-order valence-corrected chi connectivity index (χ2v) is 4.05. The summed E-state index contributed by atoms with van der Waals surface area (Å²) in [7, 11) is 0. The highest BCUT2D eigenvalue weighted by Crippen LogP contribution is 2.20. The van der Waals surface area contributed by atoms with Crippen LogP contribution in [-0.4, -0.2) is 17.8 Å². The molecule has 2 N–H and O–H groups in total. The van der Waals surface area contributed by atoms with Crippen LogP contribution in [0.2, 0.25) is 5.02 Å². The molecule has 0 radical (unpaired) electrons. The Morgan fingerprint density at radius 3 is 2.67 bits per heavy atom. The van der Waals surface area contributed by atoms with Gasteiger partial charge in [0.2, 0.25) is 0 Å². The topological polar surface area (TPSA) is 32.3 Å². The lowest BCUT2D eigenvalue weighted by atomic mass is 10.1. The maximum atomic E-state index is 13.1. The van der Waals surface area contributed by atoms with E-state index in [-0.39, 0.29) is 23.7 Å². The van der Waals surface area contributed by atoms with Crippen LogP contribution < -0.4 is 5.32 Å². The Hall–Kier alpha value is -0.640. The van der Waals surface area contributed by atoms with Crippen LogP contribution in [-0.2, 0) is 0 Å². The summed E-state index contributed by atoms with van der Waals surface area (Å²) >= 11 is 5.58. The number of benzene rings is 1. The van der Waals surface area contributed by atoms with Gasteiger partial charge in [-0.25, -0.2) is 4.39 Å². The van der Waals surface area contributed by atoms with Crippen molar-refractivity contribution in [1.82, 2.24) is 5.32 Å². The Balaban J connectivity index is 2.73. The summed E-state index contributed by atoms with van der Waals surface area (Å²) in [5, 5.41) is 12.1. The molecule has 0 spiro atoms. The molecule has 0 fully saturated rings. The van der Waals surface area contributed by atoms with E-state index < -0.39 is 5.82 Å². The molecular formula is C11H15ClFNO. The smallest absolute Gasteiger partial charge is 0.142 e. The second kappa shape index (κ2) is 5.45. The summed E-state index contributed by atoms with van der Waals surface area (Å²) in [5.41, 5.74) is 0.817. The van der Waals surface area contributed by atoms with E-state index in [2.05, 4.69) is 5.32 Å². The minimum atomic E-state index is -0.417. The van der Waals surface area contributed by atoms with E-state index in [9.17, 15) is 4.39 Å². The molecule has 4 heteroatoms. The number of halogens is 2. The van der Waals surface area contributed by atoms with Gasteiger partial charge in [0.25, 0.3) is 0 Å². The Kier molecular flexibility index (Phi) is 4.51. The van der Waals surface area contributed by atoms with Gasteiger partial charge in [-0.15, -0.1) is 0 Å². The molecule has 2 nitrogen and oxygen atoms in total. The van der Waals surface area contributed by atoms with Gasteiger partial charge in [0.1, 0.15) is 5.82 Å². The summed E-state index contributed by atoms with van der Waals surface area (Å²) in [6, 6.07) is 4.68. The van der Waals surface area contributed by atoms with Gasteiger partial charge in [-0.05, 0) is 31.5 Å². The molecule has 84 valence electrons. The molecule has 0 saturated carbocycles. The van der Waals surface area contributed by atoms with Crippen LogP contribution in [0.25, 0.3) is 0 Å². The van der Waals surface area contributed by atoms with Gasteiger partial charge >= 0.3 is 0 Å². The highest BCUT2D eigenvalue weighted by molar-refractivity contribution is 6.30. The SMILES string of the molecule is CC(N[C@H](C)CO)c1ccc(Cl)c(F)c1. The Morgan fingerprint density at radius 1 is 1.47 bits per heavy atom. The van der Waals surface area contributed by atoms with Crippen molar-refractivity contribution < 1.29 is 9.50 Å². The van der Waals surface area contributed by atoms with E-state index in [1.165, 1.54) is 12.1 Å². The van der Waals surface area contributed by atoms with Gasteiger partial charge in [0.05, 0.1) is 11.6 Å². The molecule has 0 bridgehead atoms. The van der Waals surface area contributed by atoms with Crippen molar-refractivity contribution in [3.8, 4) is 0 Å². The maximum Gasteiger partial charge on any atom is 0.142 e. The fraction of sp³-hybridized carbons (Fsp3) is 0.455. The third kappa shape index (κ3) is 3.45. The zero-order valence-electron chi connectivity index (χ0n) is 8.80. The lowest BCUT2D eigenvalue weighted by molar-refractivity contribution is 0.243. The molecule has 0 saturated heterocycles. The predicted octanol–water partition coefficient (Wildman–Crippen LogP) is 2.51. The summed E-state index contributed by atoms with van der Waals surface area (Å²) in [6.45, 7) is 3.83. The van der Waals surface area contributed by atoms with Gasteiger partial charge < -0.3 is 10.4 Å². The van der Waals surface area contributed by atoms with Gasteiger partial charge in [-0.1, -0.05) is 17.7 Å². The van der Waals surface area contributed by atoms with Crippen LogP contribution in [0.5, 0.6) is 0 Å². The lowest BCUT2D eigenvalue weighted by Crippen LogP contribution is -2.31. The van der Waals surface area contributed by atoms with Crippen molar-refractivity contribution >= 4 is 11.6 Å². The quantitative estimate of drug-likeness (QED) is 0.835. The lowest BCUT2D eigenvalue weighted by Gasteiger charge is -2.18. The maximum absolute atomic E-state index is 13.1. The fourth-order valence-corrected chi connectivity index (χ4v) is 1.47. The van der Waals surface area contributed by atoms with Crippen molar-refractivity contribution in [3.63, 3.8) is 0 Å². The van der Waals surface area contributed by atoms with Crippen molar-refractivity contribution in [1.29, 1.82) is 0 Å². The Bertz CT molecular complexity index is 332. The van der Waals surface area contributed by atoms with Crippen molar-refractivity contribution in [2.75, 3.05) is 6.61 Å². The third-order valence-corrected chi connectivity index (χ3v) is 2.56. The van der Waals surface area contributed by atoms with E-state index >= 15 is 0 Å². The van der Waals surface area contributed by atoms with E-state index in [0.29, 0.717) is 0 Å². The van der Waals surface area contributed by atoms with Crippen molar-refractivity contribution in [2.45, 2.75) is 25.9 Å². The molecule has 15 heavy (non-hydrogen) atoms. The molecule has 1 aromatic carbocycles. The molecule has 0 aromatic heterocycles. The first kappa shape index (κ1) is 12.4. The number of aliphatic hydroxyl groups excluding tert-OH is 1. The average molecular weight is 232 g/mol. The first-order valence-electron chi connectivity index (χ1n) is 4.86. The third-order valence-electron chi connectivity index (χ3n) is 2.25. The zero-order chi connectivity index (χ0) is 11.4. The second-order valence-electron chi connectivity index (χ2n) is 3.65. The van der Waals surface area contributed by atoms with Crippen LogP contribution in [0.1, 0.15) is 25.5 Å². The molecule has 1 aromatic rings. The highest BCUT2D eigenvalue weighted by atomic mass is 35.5. The van der Waals surface area contributed by atoms with Crippen LogP contribution in [0.15, 0.2) is 18.2 Å². The minimum absolute atomic E-state index is 0.0149. The monoisotopic (exact) mass is 231 g/mol. The summed E-state index contributed by atoms with van der Waals surface area (Å²) in [6.07, 6.45) is 0. The van der Waals surface area contributed by atoms with Crippen molar-refractivity contribution in [2.24, 2.45) is 0 Å². The standard InChI is InChI=1S/C11H15ClFNO/c1-7(6-15)14-8(2)9-3-4-10(12)11(13)5-9/h3-5,7-8,14-15H,6H2,1-2H3/t7-,8?/m1/s1. The fourth-order valence-electron chi connectivity index (χ4n) is 1.36. The number of aliphatic hydroxyl groups is 1. The molecule has 0 aliphatic rings. The van der Waals surface area contributed by atoms with Crippen LogP contribution in [0.4, 0.5) is 4.39 Å². The number of hydrogen-bond donors (Lipinski definition) is 2. The zero-order valence-corrected chi connectivity index (χ0v) is 9.55. The molecule has 2 atom stereocenters. The van der Waals surface area contributed by atoms with Gasteiger partial charge in [0.15, 0.2) is 0 Å².